The van der Waals surface area contributed by atoms with Crippen molar-refractivity contribution >= 4 is 38.9 Å². The van der Waals surface area contributed by atoms with Crippen molar-refractivity contribution in [2.75, 3.05) is 23.9 Å². The fourth-order valence-corrected chi connectivity index (χ4v) is 4.12. The van der Waals surface area contributed by atoms with Crippen LogP contribution in [-0.2, 0) is 19.4 Å². The highest BCUT2D eigenvalue weighted by atomic mass is 35.5. The quantitative estimate of drug-likeness (QED) is 0.817. The van der Waals surface area contributed by atoms with Gasteiger partial charge in [-0.2, -0.15) is 0 Å². The van der Waals surface area contributed by atoms with Crippen LogP contribution in [0.4, 0.5) is 5.69 Å². The van der Waals surface area contributed by atoms with Crippen LogP contribution in [0.3, 0.4) is 0 Å². The van der Waals surface area contributed by atoms with Crippen LogP contribution < -0.4 is 5.32 Å². The number of halogens is 1. The second-order valence-electron chi connectivity index (χ2n) is 4.94. The van der Waals surface area contributed by atoms with Crippen LogP contribution in [-0.4, -0.2) is 49.7 Å². The molecule has 6 nitrogen and oxygen atoms in total. The van der Waals surface area contributed by atoms with Crippen LogP contribution in [0.15, 0.2) is 24.3 Å². The Morgan fingerprint density at radius 2 is 2.10 bits per heavy atom. The molecule has 0 bridgehead atoms. The second kappa shape index (κ2) is 6.03. The zero-order valence-electron chi connectivity index (χ0n) is 11.4. The summed E-state index contributed by atoms with van der Waals surface area (Å²) in [5.41, 5.74) is 0.410. The lowest BCUT2D eigenvalue weighted by molar-refractivity contribution is -0.143. The van der Waals surface area contributed by atoms with E-state index in [1.165, 1.54) is 18.0 Å². The maximum absolute atomic E-state index is 12.0. The Labute approximate surface area is 128 Å². The van der Waals surface area contributed by atoms with Gasteiger partial charge in [-0.15, -0.1) is 0 Å². The Bertz CT molecular complexity index is 675. The molecule has 1 fully saturated rings. The van der Waals surface area contributed by atoms with Gasteiger partial charge in [0.25, 0.3) is 0 Å². The molecular weight excluding hydrogens is 316 g/mol. The molecule has 2 rings (SSSR count). The third-order valence-corrected chi connectivity index (χ3v) is 5.34. The summed E-state index contributed by atoms with van der Waals surface area (Å²) >= 11 is 5.79. The molecule has 1 unspecified atom stereocenters. The van der Waals surface area contributed by atoms with Crippen molar-refractivity contribution in [2.45, 2.75) is 12.5 Å². The highest BCUT2D eigenvalue weighted by Crippen LogP contribution is 2.18. The molecule has 0 aromatic heterocycles. The number of hydrogen-bond donors (Lipinski definition) is 1. The summed E-state index contributed by atoms with van der Waals surface area (Å²) in [6.45, 7) is 0. The molecule has 1 N–H and O–H groups in total. The molecule has 0 saturated carbocycles. The number of sulfone groups is 1. The van der Waals surface area contributed by atoms with Crippen molar-refractivity contribution in [1.29, 1.82) is 0 Å². The van der Waals surface area contributed by atoms with Gasteiger partial charge in [0.15, 0.2) is 9.84 Å². The summed E-state index contributed by atoms with van der Waals surface area (Å²) in [4.78, 5) is 25.1. The van der Waals surface area contributed by atoms with E-state index in [4.69, 9.17) is 11.6 Å². The van der Waals surface area contributed by atoms with Crippen LogP contribution >= 0.6 is 11.6 Å². The van der Waals surface area contributed by atoms with E-state index in [0.29, 0.717) is 17.1 Å². The molecular formula is C13H15ClN2O4S. The molecule has 1 aliphatic heterocycles. The van der Waals surface area contributed by atoms with Crippen LogP contribution in [0.5, 0.6) is 0 Å². The van der Waals surface area contributed by atoms with E-state index in [2.05, 4.69) is 5.32 Å². The van der Waals surface area contributed by atoms with Crippen molar-refractivity contribution in [2.24, 2.45) is 0 Å². The van der Waals surface area contributed by atoms with Gasteiger partial charge in [0, 0.05) is 23.8 Å². The van der Waals surface area contributed by atoms with E-state index in [9.17, 15) is 18.0 Å². The predicted octanol–water partition coefficient (Wildman–Crippen LogP) is 0.924. The van der Waals surface area contributed by atoms with Crippen LogP contribution in [0, 0.1) is 0 Å². The van der Waals surface area contributed by atoms with Gasteiger partial charge in [-0.25, -0.2) is 8.42 Å². The first-order valence-corrected chi connectivity index (χ1v) is 8.52. The highest BCUT2D eigenvalue weighted by molar-refractivity contribution is 7.91. The SMILES string of the molecule is CN(C(=O)C(=O)Nc1cccc(Cl)c1)C1CCS(=O)(=O)C1. The number of carbonyl (C=O) groups excluding carboxylic acids is 2. The summed E-state index contributed by atoms with van der Waals surface area (Å²) in [6, 6.07) is 5.97. The Morgan fingerprint density at radius 3 is 2.67 bits per heavy atom. The Hall–Kier alpha value is -1.60. The molecule has 0 radical (unpaired) electrons. The Balaban J connectivity index is 2.01. The lowest BCUT2D eigenvalue weighted by Gasteiger charge is -2.22. The number of anilines is 1. The van der Waals surface area contributed by atoms with Crippen molar-refractivity contribution in [3.8, 4) is 0 Å². The first kappa shape index (κ1) is 15.8. The summed E-state index contributed by atoms with van der Waals surface area (Å²) in [5, 5.41) is 2.88. The van der Waals surface area contributed by atoms with Crippen molar-refractivity contribution in [1.82, 2.24) is 4.90 Å². The van der Waals surface area contributed by atoms with E-state index in [-0.39, 0.29) is 11.5 Å². The van der Waals surface area contributed by atoms with Crippen molar-refractivity contribution < 1.29 is 18.0 Å². The summed E-state index contributed by atoms with van der Waals surface area (Å²) < 4.78 is 22.8. The number of benzene rings is 1. The number of hydrogen-bond acceptors (Lipinski definition) is 4. The van der Waals surface area contributed by atoms with Crippen LogP contribution in [0.1, 0.15) is 6.42 Å². The average molecular weight is 331 g/mol. The zero-order valence-corrected chi connectivity index (χ0v) is 12.9. The lowest BCUT2D eigenvalue weighted by atomic mass is 10.2. The maximum Gasteiger partial charge on any atom is 0.313 e. The smallest absolute Gasteiger partial charge is 0.313 e. The molecule has 2 amide bonds. The minimum Gasteiger partial charge on any atom is -0.333 e. The minimum atomic E-state index is -3.11. The first-order chi connectivity index (χ1) is 9.78. The minimum absolute atomic E-state index is 0.0468. The average Bonchev–Trinajstić information content (AvgIpc) is 2.77. The van der Waals surface area contributed by atoms with Gasteiger partial charge < -0.3 is 10.2 Å². The van der Waals surface area contributed by atoms with Gasteiger partial charge in [0.2, 0.25) is 0 Å². The van der Waals surface area contributed by atoms with Crippen LogP contribution in [0.25, 0.3) is 0 Å². The lowest BCUT2D eigenvalue weighted by Crippen LogP contribution is -2.43. The predicted molar refractivity (Wildman–Crippen MR) is 79.9 cm³/mol. The first-order valence-electron chi connectivity index (χ1n) is 6.32. The van der Waals surface area contributed by atoms with E-state index < -0.39 is 27.7 Å². The number of amides is 2. The van der Waals surface area contributed by atoms with E-state index in [1.54, 1.807) is 18.2 Å². The molecule has 21 heavy (non-hydrogen) atoms. The fraction of sp³-hybridized carbons (Fsp3) is 0.385. The molecule has 8 heteroatoms. The summed E-state index contributed by atoms with van der Waals surface area (Å²) in [7, 11) is -1.67. The number of nitrogens with zero attached hydrogens (tertiary/aromatic N) is 1. The number of nitrogens with one attached hydrogen (secondary N) is 1. The standard InChI is InChI=1S/C13H15ClN2O4S/c1-16(11-5-6-21(19,20)8-11)13(18)12(17)15-10-4-2-3-9(14)7-10/h2-4,7,11H,5-6,8H2,1H3,(H,15,17). The molecule has 1 aliphatic rings. The molecule has 1 aromatic carbocycles. The van der Waals surface area contributed by atoms with Crippen molar-refractivity contribution in [3.05, 3.63) is 29.3 Å². The number of rotatable bonds is 2. The van der Waals surface area contributed by atoms with E-state index in [0.717, 1.165) is 0 Å². The van der Waals surface area contributed by atoms with E-state index in [1.807, 2.05) is 0 Å². The summed E-state index contributed by atoms with van der Waals surface area (Å²) in [5.74, 6) is -1.63. The van der Waals surface area contributed by atoms with E-state index >= 15 is 0 Å². The van der Waals surface area contributed by atoms with Crippen molar-refractivity contribution in [3.63, 3.8) is 0 Å². The Morgan fingerprint density at radius 1 is 1.38 bits per heavy atom. The topological polar surface area (TPSA) is 83.6 Å². The maximum atomic E-state index is 12.0. The zero-order chi connectivity index (χ0) is 15.6. The molecule has 1 aromatic rings. The third kappa shape index (κ3) is 3.95. The van der Waals surface area contributed by atoms with Gasteiger partial charge >= 0.3 is 11.8 Å². The van der Waals surface area contributed by atoms with Gasteiger partial charge in [-0.05, 0) is 24.6 Å². The normalized spacial score (nSPS) is 20.0. The molecule has 0 aliphatic carbocycles. The molecule has 1 atom stereocenters. The molecule has 114 valence electrons. The number of likely N-dealkylation sites (N-methyl/N-ethyl adjacent to an activating group) is 1. The molecule has 1 saturated heterocycles. The second-order valence-corrected chi connectivity index (χ2v) is 7.60. The fourth-order valence-electron chi connectivity index (χ4n) is 2.16. The van der Waals surface area contributed by atoms with Gasteiger partial charge in [0.05, 0.1) is 11.5 Å². The highest BCUT2D eigenvalue weighted by Gasteiger charge is 2.34. The van der Waals surface area contributed by atoms with Gasteiger partial charge in [-0.1, -0.05) is 17.7 Å². The third-order valence-electron chi connectivity index (χ3n) is 3.35. The van der Waals surface area contributed by atoms with Gasteiger partial charge in [0.1, 0.15) is 0 Å². The number of carbonyl (C=O) groups is 2. The van der Waals surface area contributed by atoms with Crippen LogP contribution in [0.2, 0.25) is 5.02 Å². The van der Waals surface area contributed by atoms with Gasteiger partial charge in [-0.3, -0.25) is 9.59 Å². The monoisotopic (exact) mass is 330 g/mol. The molecule has 0 spiro atoms. The molecule has 1 heterocycles. The Kier molecular flexibility index (Phi) is 4.53. The summed E-state index contributed by atoms with van der Waals surface area (Å²) in [6.07, 6.45) is 0.356. The largest absolute Gasteiger partial charge is 0.333 e.